The Bertz CT molecular complexity index is 926. The molecular weight excluding hydrogens is 320 g/mol. The second-order valence-electron chi connectivity index (χ2n) is 5.55. The molecule has 122 valence electrons. The third-order valence-corrected chi connectivity index (χ3v) is 4.91. The summed E-state index contributed by atoms with van der Waals surface area (Å²) in [6.45, 7) is 1.81. The Balaban J connectivity index is 1.73. The van der Waals surface area contributed by atoms with Crippen LogP contribution in [0, 0.1) is 0 Å². The lowest BCUT2D eigenvalue weighted by atomic mass is 10.3. The van der Waals surface area contributed by atoms with Crippen LogP contribution in [-0.2, 0) is 13.1 Å². The predicted octanol–water partition coefficient (Wildman–Crippen LogP) is 4.06. The quantitative estimate of drug-likeness (QED) is 0.532. The zero-order valence-corrected chi connectivity index (χ0v) is 14.2. The fraction of sp³-hybridized carbons (Fsp3) is 0.222. The highest BCUT2D eigenvalue weighted by Gasteiger charge is 2.16. The van der Waals surface area contributed by atoms with E-state index in [1.165, 1.54) is 4.88 Å². The summed E-state index contributed by atoms with van der Waals surface area (Å²) in [6, 6.07) is 10.2. The highest BCUT2D eigenvalue weighted by atomic mass is 32.1. The van der Waals surface area contributed by atoms with Gasteiger partial charge in [0.25, 0.3) is 0 Å². The maximum absolute atomic E-state index is 5.58. The maximum Gasteiger partial charge on any atom is 0.151 e. The maximum atomic E-state index is 5.58. The number of benzene rings is 1. The Kier molecular flexibility index (Phi) is 4.04. The summed E-state index contributed by atoms with van der Waals surface area (Å²) in [6.07, 6.45) is 6.66. The van der Waals surface area contributed by atoms with Crippen LogP contribution in [0.25, 0.3) is 21.7 Å². The predicted molar refractivity (Wildman–Crippen MR) is 96.4 cm³/mol. The number of methoxy groups -OCH3 is 1. The molecule has 0 unspecified atom stereocenters. The Morgan fingerprint density at radius 2 is 2.12 bits per heavy atom. The topological polar surface area (TPSA) is 44.9 Å². The van der Waals surface area contributed by atoms with Gasteiger partial charge < -0.3 is 13.9 Å². The van der Waals surface area contributed by atoms with Gasteiger partial charge in [-0.25, -0.2) is 9.97 Å². The molecule has 5 nitrogen and oxygen atoms in total. The number of hydrogen-bond acceptors (Lipinski definition) is 4. The van der Waals surface area contributed by atoms with E-state index in [0.717, 1.165) is 42.1 Å². The minimum Gasteiger partial charge on any atom is -0.494 e. The number of aromatic nitrogens is 4. The second-order valence-corrected chi connectivity index (χ2v) is 6.49. The van der Waals surface area contributed by atoms with Gasteiger partial charge in [0.15, 0.2) is 5.82 Å². The lowest BCUT2D eigenvalue weighted by Gasteiger charge is -2.11. The van der Waals surface area contributed by atoms with Crippen molar-refractivity contribution in [2.24, 2.45) is 0 Å². The molecule has 1 aromatic carbocycles. The number of thiophene rings is 1. The summed E-state index contributed by atoms with van der Waals surface area (Å²) >= 11 is 1.71. The summed E-state index contributed by atoms with van der Waals surface area (Å²) in [5.74, 6) is 1.88. The van der Waals surface area contributed by atoms with Gasteiger partial charge >= 0.3 is 0 Å². The van der Waals surface area contributed by atoms with Crippen molar-refractivity contribution in [3.8, 4) is 16.5 Å². The van der Waals surface area contributed by atoms with Crippen LogP contribution in [0.2, 0.25) is 0 Å². The van der Waals surface area contributed by atoms with Gasteiger partial charge in [-0.1, -0.05) is 12.1 Å². The van der Waals surface area contributed by atoms with Gasteiger partial charge in [0.2, 0.25) is 0 Å². The molecule has 0 fully saturated rings. The first-order chi connectivity index (χ1) is 11.9. The van der Waals surface area contributed by atoms with Crippen LogP contribution < -0.4 is 4.74 Å². The van der Waals surface area contributed by atoms with Crippen molar-refractivity contribution in [1.82, 2.24) is 19.1 Å². The molecule has 24 heavy (non-hydrogen) atoms. The van der Waals surface area contributed by atoms with E-state index in [1.54, 1.807) is 18.4 Å². The van der Waals surface area contributed by atoms with E-state index in [4.69, 9.17) is 9.72 Å². The third kappa shape index (κ3) is 2.69. The van der Waals surface area contributed by atoms with Crippen LogP contribution in [0.5, 0.6) is 5.75 Å². The largest absolute Gasteiger partial charge is 0.494 e. The lowest BCUT2D eigenvalue weighted by molar-refractivity contribution is 0.416. The molecule has 3 heterocycles. The molecule has 0 atom stereocenters. The van der Waals surface area contributed by atoms with E-state index < -0.39 is 0 Å². The highest BCUT2D eigenvalue weighted by molar-refractivity contribution is 7.13. The van der Waals surface area contributed by atoms with Crippen molar-refractivity contribution >= 4 is 22.4 Å². The minimum absolute atomic E-state index is 0.866. The molecule has 0 saturated heterocycles. The number of para-hydroxylation sites is 1. The summed E-state index contributed by atoms with van der Waals surface area (Å²) in [4.78, 5) is 10.1. The SMILES string of the molecule is COc1cccc2nc(-c3cccs3)n(CCCn3ccnc3)c12. The fourth-order valence-electron chi connectivity index (χ4n) is 2.96. The monoisotopic (exact) mass is 338 g/mol. The molecule has 0 N–H and O–H groups in total. The number of imidazole rings is 2. The Morgan fingerprint density at radius 1 is 1.17 bits per heavy atom. The van der Waals surface area contributed by atoms with Crippen LogP contribution in [-0.4, -0.2) is 26.2 Å². The van der Waals surface area contributed by atoms with Gasteiger partial charge in [-0.3, -0.25) is 0 Å². The average molecular weight is 338 g/mol. The van der Waals surface area contributed by atoms with E-state index in [-0.39, 0.29) is 0 Å². The standard InChI is InChI=1S/C18H18N4OS/c1-23-15-6-2-5-14-17(15)22(10-4-9-21-11-8-19-13-21)18(20-14)16-7-3-12-24-16/h2-3,5-8,11-13H,4,9-10H2,1H3. The van der Waals surface area contributed by atoms with Gasteiger partial charge in [0, 0.05) is 25.5 Å². The van der Waals surface area contributed by atoms with E-state index >= 15 is 0 Å². The molecule has 4 aromatic rings. The summed E-state index contributed by atoms with van der Waals surface area (Å²) in [7, 11) is 1.71. The molecule has 6 heteroatoms. The highest BCUT2D eigenvalue weighted by Crippen LogP contribution is 2.33. The van der Waals surface area contributed by atoms with E-state index in [0.29, 0.717) is 0 Å². The van der Waals surface area contributed by atoms with Gasteiger partial charge in [0.1, 0.15) is 11.3 Å². The van der Waals surface area contributed by atoms with Crippen LogP contribution in [0.3, 0.4) is 0 Å². The van der Waals surface area contributed by atoms with Crippen molar-refractivity contribution < 1.29 is 4.74 Å². The zero-order valence-electron chi connectivity index (χ0n) is 13.4. The van der Waals surface area contributed by atoms with E-state index in [2.05, 4.69) is 31.6 Å². The first-order valence-electron chi connectivity index (χ1n) is 7.89. The van der Waals surface area contributed by atoms with Crippen molar-refractivity contribution in [2.75, 3.05) is 7.11 Å². The molecule has 0 aliphatic carbocycles. The Morgan fingerprint density at radius 3 is 2.88 bits per heavy atom. The molecule has 0 radical (unpaired) electrons. The first-order valence-corrected chi connectivity index (χ1v) is 8.77. The summed E-state index contributed by atoms with van der Waals surface area (Å²) < 4.78 is 9.95. The van der Waals surface area contributed by atoms with Crippen molar-refractivity contribution in [3.05, 3.63) is 54.4 Å². The molecule has 0 saturated carbocycles. The fourth-order valence-corrected chi connectivity index (χ4v) is 3.68. The summed E-state index contributed by atoms with van der Waals surface area (Å²) in [5.41, 5.74) is 2.04. The number of aryl methyl sites for hydroxylation is 2. The smallest absolute Gasteiger partial charge is 0.151 e. The number of ether oxygens (including phenoxy) is 1. The molecule has 0 bridgehead atoms. The van der Waals surface area contributed by atoms with E-state index in [9.17, 15) is 0 Å². The zero-order chi connectivity index (χ0) is 16.4. The summed E-state index contributed by atoms with van der Waals surface area (Å²) in [5, 5.41) is 2.09. The van der Waals surface area contributed by atoms with E-state index in [1.807, 2.05) is 36.9 Å². The van der Waals surface area contributed by atoms with Gasteiger partial charge in [-0.15, -0.1) is 11.3 Å². The van der Waals surface area contributed by atoms with Gasteiger partial charge in [0.05, 0.1) is 23.8 Å². The normalized spacial score (nSPS) is 11.2. The number of nitrogens with zero attached hydrogens (tertiary/aromatic N) is 4. The Labute approximate surface area is 144 Å². The van der Waals surface area contributed by atoms with Gasteiger partial charge in [-0.05, 0) is 30.0 Å². The molecule has 0 aliphatic heterocycles. The lowest BCUT2D eigenvalue weighted by Crippen LogP contribution is -2.05. The number of hydrogen-bond donors (Lipinski definition) is 0. The molecule has 4 rings (SSSR count). The van der Waals surface area contributed by atoms with Crippen molar-refractivity contribution in [1.29, 1.82) is 0 Å². The van der Waals surface area contributed by atoms with Crippen molar-refractivity contribution in [2.45, 2.75) is 19.5 Å². The third-order valence-electron chi connectivity index (χ3n) is 4.05. The van der Waals surface area contributed by atoms with Crippen LogP contribution in [0.4, 0.5) is 0 Å². The van der Waals surface area contributed by atoms with Gasteiger partial charge in [-0.2, -0.15) is 0 Å². The second kappa shape index (κ2) is 6.49. The molecular formula is C18H18N4OS. The molecule has 0 aliphatic rings. The van der Waals surface area contributed by atoms with Crippen LogP contribution in [0.1, 0.15) is 6.42 Å². The Hall–Kier alpha value is -2.60. The molecule has 0 amide bonds. The van der Waals surface area contributed by atoms with Crippen LogP contribution in [0.15, 0.2) is 54.4 Å². The first kappa shape index (κ1) is 15.0. The average Bonchev–Trinajstić information content (AvgIpc) is 3.35. The molecule has 3 aromatic heterocycles. The minimum atomic E-state index is 0.866. The number of fused-ring (bicyclic) bond motifs is 1. The molecule has 0 spiro atoms. The van der Waals surface area contributed by atoms with Crippen molar-refractivity contribution in [3.63, 3.8) is 0 Å². The van der Waals surface area contributed by atoms with Crippen LogP contribution >= 0.6 is 11.3 Å². The number of rotatable bonds is 6.